The molecule has 0 atom stereocenters. The summed E-state index contributed by atoms with van der Waals surface area (Å²) in [5.74, 6) is 1.000. The van der Waals surface area contributed by atoms with Crippen LogP contribution in [0.4, 0.5) is 5.82 Å². The summed E-state index contributed by atoms with van der Waals surface area (Å²) in [7, 11) is 2.18. The van der Waals surface area contributed by atoms with Crippen LogP contribution in [0.2, 0.25) is 0 Å². The van der Waals surface area contributed by atoms with E-state index in [0.717, 1.165) is 24.4 Å². The van der Waals surface area contributed by atoms with Gasteiger partial charge in [-0.3, -0.25) is 0 Å². The lowest BCUT2D eigenvalue weighted by molar-refractivity contribution is 0.264. The zero-order valence-corrected chi connectivity index (χ0v) is 10.7. The number of piperidine rings is 1. The Bertz CT molecular complexity index is 502. The smallest absolute Gasteiger partial charge is 0.147 e. The number of nitrogens with zero attached hydrogens (tertiary/aromatic N) is 3. The molecule has 1 saturated heterocycles. The van der Waals surface area contributed by atoms with Crippen LogP contribution in [-0.2, 0) is 0 Å². The molecule has 17 heavy (non-hydrogen) atoms. The fourth-order valence-electron chi connectivity index (χ4n) is 2.24. The van der Waals surface area contributed by atoms with E-state index >= 15 is 0 Å². The Balaban J connectivity index is 1.78. The first-order valence-corrected chi connectivity index (χ1v) is 6.84. The maximum atomic E-state index is 4.37. The Hall–Kier alpha value is -1.20. The van der Waals surface area contributed by atoms with Crippen LogP contribution < -0.4 is 5.32 Å². The molecule has 5 heteroatoms. The minimum Gasteiger partial charge on any atom is -0.366 e. The number of nitrogens with one attached hydrogen (secondary N) is 1. The molecule has 90 valence electrons. The normalized spacial score (nSPS) is 18.6. The summed E-state index contributed by atoms with van der Waals surface area (Å²) in [6.07, 6.45) is 4.02. The van der Waals surface area contributed by atoms with Gasteiger partial charge in [0.15, 0.2) is 0 Å². The predicted octanol–water partition coefficient (Wildman–Crippen LogP) is 2.20. The van der Waals surface area contributed by atoms with E-state index in [1.165, 1.54) is 17.5 Å². The Morgan fingerprint density at radius 3 is 3.00 bits per heavy atom. The van der Waals surface area contributed by atoms with Crippen LogP contribution >= 0.6 is 11.3 Å². The fourth-order valence-corrected chi connectivity index (χ4v) is 3.04. The third-order valence-electron chi connectivity index (χ3n) is 3.30. The van der Waals surface area contributed by atoms with Gasteiger partial charge in [-0.25, -0.2) is 9.97 Å². The largest absolute Gasteiger partial charge is 0.366 e. The lowest BCUT2D eigenvalue weighted by atomic mass is 10.1. The first-order valence-electron chi connectivity index (χ1n) is 5.96. The number of hydrogen-bond acceptors (Lipinski definition) is 5. The van der Waals surface area contributed by atoms with Crippen molar-refractivity contribution in [2.45, 2.75) is 18.9 Å². The van der Waals surface area contributed by atoms with Crippen LogP contribution in [0.1, 0.15) is 12.8 Å². The van der Waals surface area contributed by atoms with E-state index in [9.17, 15) is 0 Å². The van der Waals surface area contributed by atoms with Crippen molar-refractivity contribution in [3.63, 3.8) is 0 Å². The summed E-state index contributed by atoms with van der Waals surface area (Å²) < 4.78 is 1.17. The van der Waals surface area contributed by atoms with Crippen LogP contribution in [0.25, 0.3) is 10.2 Å². The van der Waals surface area contributed by atoms with E-state index in [0.29, 0.717) is 6.04 Å². The van der Waals surface area contributed by atoms with Gasteiger partial charge in [-0.1, -0.05) is 0 Å². The standard InChI is InChI=1S/C12H16N4S/c1-16-5-2-9(3-6-16)15-12-11-10(4-7-17-11)13-8-14-12/h4,7-9H,2-3,5-6H2,1H3,(H,13,14,15). The summed E-state index contributed by atoms with van der Waals surface area (Å²) in [6.45, 7) is 2.33. The first kappa shape index (κ1) is 10.9. The molecule has 0 aromatic carbocycles. The topological polar surface area (TPSA) is 41.0 Å². The van der Waals surface area contributed by atoms with Gasteiger partial charge in [0.1, 0.15) is 12.1 Å². The molecule has 3 rings (SSSR count). The van der Waals surface area contributed by atoms with Gasteiger partial charge in [0.05, 0.1) is 10.2 Å². The highest BCUT2D eigenvalue weighted by Gasteiger charge is 2.17. The van der Waals surface area contributed by atoms with E-state index in [1.807, 2.05) is 6.07 Å². The van der Waals surface area contributed by atoms with Gasteiger partial charge in [0.2, 0.25) is 0 Å². The average Bonchev–Trinajstić information content (AvgIpc) is 2.81. The maximum absolute atomic E-state index is 4.37. The minimum absolute atomic E-state index is 0.548. The lowest BCUT2D eigenvalue weighted by Crippen LogP contribution is -2.36. The number of rotatable bonds is 2. The molecule has 1 fully saturated rings. The minimum atomic E-state index is 0.548. The van der Waals surface area contributed by atoms with Gasteiger partial charge in [-0.05, 0) is 44.4 Å². The van der Waals surface area contributed by atoms with Crippen molar-refractivity contribution >= 4 is 27.4 Å². The molecule has 0 saturated carbocycles. The number of hydrogen-bond donors (Lipinski definition) is 1. The van der Waals surface area contributed by atoms with Crippen molar-refractivity contribution in [3.8, 4) is 0 Å². The molecule has 0 aliphatic carbocycles. The maximum Gasteiger partial charge on any atom is 0.147 e. The van der Waals surface area contributed by atoms with Gasteiger partial charge in [-0.2, -0.15) is 0 Å². The highest BCUT2D eigenvalue weighted by atomic mass is 32.1. The Kier molecular flexibility index (Phi) is 2.94. The van der Waals surface area contributed by atoms with E-state index in [1.54, 1.807) is 17.7 Å². The molecule has 0 radical (unpaired) electrons. The molecular formula is C12H16N4S. The van der Waals surface area contributed by atoms with Crippen LogP contribution in [0.3, 0.4) is 0 Å². The second-order valence-electron chi connectivity index (χ2n) is 4.58. The van der Waals surface area contributed by atoms with Gasteiger partial charge < -0.3 is 10.2 Å². The second kappa shape index (κ2) is 4.58. The quantitative estimate of drug-likeness (QED) is 0.884. The summed E-state index contributed by atoms with van der Waals surface area (Å²) >= 11 is 1.71. The highest BCUT2D eigenvalue weighted by Crippen LogP contribution is 2.26. The van der Waals surface area contributed by atoms with E-state index in [2.05, 4.69) is 32.6 Å². The molecule has 1 N–H and O–H groups in total. The SMILES string of the molecule is CN1CCC(Nc2ncnc3ccsc23)CC1. The number of aromatic nitrogens is 2. The molecule has 0 spiro atoms. The first-order chi connectivity index (χ1) is 8.33. The summed E-state index contributed by atoms with van der Waals surface area (Å²) in [6, 6.07) is 2.59. The molecule has 1 aliphatic heterocycles. The Morgan fingerprint density at radius 1 is 1.35 bits per heavy atom. The number of fused-ring (bicyclic) bond motifs is 1. The lowest BCUT2D eigenvalue weighted by Gasteiger charge is -2.29. The van der Waals surface area contributed by atoms with Crippen molar-refractivity contribution in [3.05, 3.63) is 17.8 Å². The van der Waals surface area contributed by atoms with Crippen LogP contribution in [0.5, 0.6) is 0 Å². The summed E-state index contributed by atoms with van der Waals surface area (Å²) in [4.78, 5) is 11.0. The fraction of sp³-hybridized carbons (Fsp3) is 0.500. The number of likely N-dealkylation sites (tertiary alicyclic amines) is 1. The molecule has 0 amide bonds. The zero-order chi connectivity index (χ0) is 11.7. The monoisotopic (exact) mass is 248 g/mol. The molecule has 0 unspecified atom stereocenters. The van der Waals surface area contributed by atoms with Crippen molar-refractivity contribution in [1.82, 2.24) is 14.9 Å². The molecule has 2 aromatic rings. The van der Waals surface area contributed by atoms with Gasteiger partial charge in [0.25, 0.3) is 0 Å². The predicted molar refractivity (Wildman–Crippen MR) is 71.6 cm³/mol. The highest BCUT2D eigenvalue weighted by molar-refractivity contribution is 7.17. The number of anilines is 1. The van der Waals surface area contributed by atoms with Crippen LogP contribution in [0, 0.1) is 0 Å². The molecular weight excluding hydrogens is 232 g/mol. The van der Waals surface area contributed by atoms with Crippen LogP contribution in [0.15, 0.2) is 17.8 Å². The van der Waals surface area contributed by atoms with E-state index in [-0.39, 0.29) is 0 Å². The second-order valence-corrected chi connectivity index (χ2v) is 5.50. The Morgan fingerprint density at radius 2 is 2.18 bits per heavy atom. The van der Waals surface area contributed by atoms with Gasteiger partial charge in [0, 0.05) is 6.04 Å². The molecule has 4 nitrogen and oxygen atoms in total. The number of thiophene rings is 1. The van der Waals surface area contributed by atoms with Crippen molar-refractivity contribution < 1.29 is 0 Å². The van der Waals surface area contributed by atoms with Crippen molar-refractivity contribution in [2.75, 3.05) is 25.5 Å². The van der Waals surface area contributed by atoms with Gasteiger partial charge >= 0.3 is 0 Å². The molecule has 3 heterocycles. The average molecular weight is 248 g/mol. The van der Waals surface area contributed by atoms with Crippen molar-refractivity contribution in [2.24, 2.45) is 0 Å². The van der Waals surface area contributed by atoms with Crippen LogP contribution in [-0.4, -0.2) is 41.0 Å². The molecule has 2 aromatic heterocycles. The zero-order valence-electron chi connectivity index (χ0n) is 9.89. The van der Waals surface area contributed by atoms with E-state index < -0.39 is 0 Å². The third kappa shape index (κ3) is 2.25. The molecule has 1 aliphatic rings. The van der Waals surface area contributed by atoms with E-state index in [4.69, 9.17) is 0 Å². The van der Waals surface area contributed by atoms with Gasteiger partial charge in [-0.15, -0.1) is 11.3 Å². The Labute approximate surface area is 105 Å². The van der Waals surface area contributed by atoms with Crippen molar-refractivity contribution in [1.29, 1.82) is 0 Å². The molecule has 0 bridgehead atoms. The summed E-state index contributed by atoms with van der Waals surface area (Å²) in [5, 5.41) is 5.63. The third-order valence-corrected chi connectivity index (χ3v) is 4.21. The summed E-state index contributed by atoms with van der Waals surface area (Å²) in [5.41, 5.74) is 1.04.